The van der Waals surface area contributed by atoms with Crippen LogP contribution in [0.25, 0.3) is 0 Å². The minimum atomic E-state index is -1.31. The SMILES string of the molecule is CC(C(=O)O)C(=O)O.[H-].[H-].[K+].[Li+]. The quantitative estimate of drug-likeness (QED) is 0.316. The van der Waals surface area contributed by atoms with Crippen LogP contribution in [0.1, 0.15) is 9.78 Å². The monoisotopic (exact) mass is 166 g/mol. The third-order valence-corrected chi connectivity index (χ3v) is 0.741. The van der Waals surface area contributed by atoms with Gasteiger partial charge in [-0.1, -0.05) is 0 Å². The summed E-state index contributed by atoms with van der Waals surface area (Å²) >= 11 is 0. The van der Waals surface area contributed by atoms with Crippen molar-refractivity contribution in [3.8, 4) is 0 Å². The van der Waals surface area contributed by atoms with E-state index < -0.39 is 17.9 Å². The van der Waals surface area contributed by atoms with Gasteiger partial charge in [-0.15, -0.1) is 0 Å². The molecule has 10 heavy (non-hydrogen) atoms. The number of carbonyl (C=O) groups is 2. The second-order valence-electron chi connectivity index (χ2n) is 1.40. The molecule has 0 saturated heterocycles. The normalized spacial score (nSPS) is 7.40. The van der Waals surface area contributed by atoms with Crippen molar-refractivity contribution in [3.63, 3.8) is 0 Å². The molecule has 0 heterocycles. The predicted molar refractivity (Wildman–Crippen MR) is 26.7 cm³/mol. The molecule has 50 valence electrons. The maximum atomic E-state index is 9.76. The van der Waals surface area contributed by atoms with Crippen molar-refractivity contribution in [2.24, 2.45) is 5.92 Å². The fourth-order valence-electron chi connectivity index (χ4n) is 0.106. The number of aliphatic carboxylic acids is 2. The van der Waals surface area contributed by atoms with Crippen molar-refractivity contribution < 1.29 is 92.9 Å². The summed E-state index contributed by atoms with van der Waals surface area (Å²) in [6.07, 6.45) is 0. The van der Waals surface area contributed by atoms with E-state index in [9.17, 15) is 9.59 Å². The van der Waals surface area contributed by atoms with Crippen LogP contribution in [0, 0.1) is 5.92 Å². The van der Waals surface area contributed by atoms with E-state index in [4.69, 9.17) is 10.2 Å². The molecule has 0 aromatic carbocycles. The smallest absolute Gasteiger partial charge is 1.00 e. The van der Waals surface area contributed by atoms with E-state index in [-0.39, 0.29) is 73.1 Å². The molecule has 0 spiro atoms. The summed E-state index contributed by atoms with van der Waals surface area (Å²) in [6, 6.07) is 0. The largest absolute Gasteiger partial charge is 1.00 e. The Morgan fingerprint density at radius 3 is 1.50 bits per heavy atom. The van der Waals surface area contributed by atoms with Gasteiger partial charge in [-0.3, -0.25) is 9.59 Å². The van der Waals surface area contributed by atoms with Crippen LogP contribution in [-0.2, 0) is 9.59 Å². The number of carboxylic acid groups (broad SMARTS) is 2. The first kappa shape index (κ1) is 17.3. The van der Waals surface area contributed by atoms with Crippen molar-refractivity contribution >= 4 is 11.9 Å². The third kappa shape index (κ3) is 7.28. The maximum Gasteiger partial charge on any atom is 1.00 e. The van der Waals surface area contributed by atoms with E-state index in [1.165, 1.54) is 0 Å². The first-order valence-corrected chi connectivity index (χ1v) is 2.01. The van der Waals surface area contributed by atoms with E-state index in [1.807, 2.05) is 0 Å². The van der Waals surface area contributed by atoms with E-state index in [0.29, 0.717) is 0 Å². The maximum absolute atomic E-state index is 9.76. The van der Waals surface area contributed by atoms with Gasteiger partial charge >= 0.3 is 82.2 Å². The summed E-state index contributed by atoms with van der Waals surface area (Å²) in [5.41, 5.74) is 0. The average molecular weight is 166 g/mol. The van der Waals surface area contributed by atoms with E-state index in [0.717, 1.165) is 6.92 Å². The molecule has 0 aliphatic carbocycles. The molecule has 0 saturated carbocycles. The molecule has 0 atom stereocenters. The van der Waals surface area contributed by atoms with Crippen LogP contribution in [0.15, 0.2) is 0 Å². The average Bonchev–Trinajstić information content (AvgIpc) is 1.64. The van der Waals surface area contributed by atoms with Crippen molar-refractivity contribution in [2.45, 2.75) is 6.92 Å². The van der Waals surface area contributed by atoms with Gasteiger partial charge in [0.05, 0.1) is 0 Å². The Balaban J connectivity index is -0.0000000408. The van der Waals surface area contributed by atoms with Crippen LogP contribution >= 0.6 is 0 Å². The van der Waals surface area contributed by atoms with Crippen molar-refractivity contribution in [3.05, 3.63) is 0 Å². The van der Waals surface area contributed by atoms with Gasteiger partial charge in [0, 0.05) is 0 Å². The molecular weight excluding hydrogens is 158 g/mol. The molecular formula is C4H8KLiO4. The van der Waals surface area contributed by atoms with Gasteiger partial charge < -0.3 is 13.1 Å². The second kappa shape index (κ2) is 8.27. The Morgan fingerprint density at radius 2 is 1.50 bits per heavy atom. The predicted octanol–water partition coefficient (Wildman–Crippen LogP) is -5.98. The molecule has 4 nitrogen and oxygen atoms in total. The fourth-order valence-corrected chi connectivity index (χ4v) is 0.106. The van der Waals surface area contributed by atoms with Crippen molar-refractivity contribution in [1.29, 1.82) is 0 Å². The topological polar surface area (TPSA) is 74.6 Å². The molecule has 0 aliphatic heterocycles. The minimum Gasteiger partial charge on any atom is -1.00 e. The third-order valence-electron chi connectivity index (χ3n) is 0.741. The van der Waals surface area contributed by atoms with Gasteiger partial charge in [0.1, 0.15) is 0 Å². The first-order chi connectivity index (χ1) is 3.55. The van der Waals surface area contributed by atoms with Crippen molar-refractivity contribution in [1.82, 2.24) is 0 Å². The Morgan fingerprint density at radius 1 is 1.30 bits per heavy atom. The number of rotatable bonds is 2. The standard InChI is InChI=1S/C4H6O4.K.Li.2H/c1-2(3(5)6)4(7)8;;;;/h2H,1H3,(H,5,6)(H,7,8);;;;/q;2*+1;2*-1. The zero-order valence-electron chi connectivity index (χ0n) is 8.29. The molecule has 0 unspecified atom stereocenters. The molecule has 0 radical (unpaired) electrons. The Kier molecular flexibility index (Phi) is 14.3. The molecule has 0 aromatic rings. The molecule has 0 aliphatic rings. The van der Waals surface area contributed by atoms with E-state index in [1.54, 1.807) is 0 Å². The Bertz CT molecular complexity index is 120. The zero-order chi connectivity index (χ0) is 6.73. The van der Waals surface area contributed by atoms with Crippen LogP contribution in [0.4, 0.5) is 0 Å². The summed E-state index contributed by atoms with van der Waals surface area (Å²) in [4.78, 5) is 19.5. The van der Waals surface area contributed by atoms with Gasteiger partial charge in [0.2, 0.25) is 0 Å². The summed E-state index contributed by atoms with van der Waals surface area (Å²) in [7, 11) is 0. The molecule has 0 rings (SSSR count). The minimum absolute atomic E-state index is 0. The van der Waals surface area contributed by atoms with Gasteiger partial charge in [0.15, 0.2) is 5.92 Å². The van der Waals surface area contributed by atoms with Gasteiger partial charge in [-0.05, 0) is 6.92 Å². The second-order valence-corrected chi connectivity index (χ2v) is 1.40. The van der Waals surface area contributed by atoms with Crippen LogP contribution in [0.3, 0.4) is 0 Å². The Labute approximate surface area is 116 Å². The van der Waals surface area contributed by atoms with E-state index >= 15 is 0 Å². The molecule has 0 fully saturated rings. The first-order valence-electron chi connectivity index (χ1n) is 2.01. The van der Waals surface area contributed by atoms with E-state index in [2.05, 4.69) is 0 Å². The van der Waals surface area contributed by atoms with Gasteiger partial charge in [-0.2, -0.15) is 0 Å². The molecule has 0 aromatic heterocycles. The van der Waals surface area contributed by atoms with Crippen LogP contribution in [-0.4, -0.2) is 22.2 Å². The molecule has 0 amide bonds. The summed E-state index contributed by atoms with van der Waals surface area (Å²) < 4.78 is 0. The van der Waals surface area contributed by atoms with Crippen molar-refractivity contribution in [2.75, 3.05) is 0 Å². The molecule has 2 N–H and O–H groups in total. The Hall–Kier alpha value is 1.17. The summed E-state index contributed by atoms with van der Waals surface area (Å²) in [6.45, 7) is 1.12. The van der Waals surface area contributed by atoms with Crippen LogP contribution < -0.4 is 70.2 Å². The fraction of sp³-hybridized carbons (Fsp3) is 0.500. The van der Waals surface area contributed by atoms with Crippen LogP contribution in [0.5, 0.6) is 0 Å². The molecule has 0 bridgehead atoms. The van der Waals surface area contributed by atoms with Crippen LogP contribution in [0.2, 0.25) is 0 Å². The number of carboxylic acids is 2. The zero-order valence-corrected chi connectivity index (χ0v) is 9.41. The molecule has 6 heteroatoms. The number of hydrogen-bond acceptors (Lipinski definition) is 2. The summed E-state index contributed by atoms with van der Waals surface area (Å²) in [5.74, 6) is -3.91. The number of hydrogen-bond donors (Lipinski definition) is 2. The van der Waals surface area contributed by atoms with Gasteiger partial charge in [-0.25, -0.2) is 0 Å². The summed E-state index contributed by atoms with van der Waals surface area (Å²) in [5, 5.41) is 15.9. The van der Waals surface area contributed by atoms with Gasteiger partial charge in [0.25, 0.3) is 0 Å².